The van der Waals surface area contributed by atoms with E-state index in [2.05, 4.69) is 20.9 Å². The Labute approximate surface area is 184 Å². The third-order valence-corrected chi connectivity index (χ3v) is 5.41. The number of hydrogen-bond donors (Lipinski definition) is 3. The smallest absolute Gasteiger partial charge is 0.319 e. The highest BCUT2D eigenvalue weighted by Crippen LogP contribution is 2.26. The molecule has 1 saturated carbocycles. The van der Waals surface area contributed by atoms with Crippen LogP contribution in [-0.2, 0) is 0 Å². The maximum atomic E-state index is 12.6. The van der Waals surface area contributed by atoms with Gasteiger partial charge in [-0.15, -0.1) is 11.3 Å². The Morgan fingerprint density at radius 1 is 1.00 bits per heavy atom. The van der Waals surface area contributed by atoms with Gasteiger partial charge in [-0.3, -0.25) is 4.79 Å². The number of thiazole rings is 1. The van der Waals surface area contributed by atoms with Gasteiger partial charge in [0.1, 0.15) is 16.5 Å². The first-order valence-electron chi connectivity index (χ1n) is 10.2. The molecule has 0 bridgehead atoms. The van der Waals surface area contributed by atoms with Crippen molar-refractivity contribution < 1.29 is 14.3 Å². The molecule has 8 heteroatoms. The third kappa shape index (κ3) is 5.82. The molecule has 2 aromatic carbocycles. The number of ether oxygens (including phenoxy) is 1. The van der Waals surface area contributed by atoms with E-state index in [0.29, 0.717) is 23.1 Å². The number of amides is 3. The number of carbonyl (C=O) groups is 2. The Morgan fingerprint density at radius 2 is 1.65 bits per heavy atom. The van der Waals surface area contributed by atoms with Gasteiger partial charge in [0.15, 0.2) is 0 Å². The van der Waals surface area contributed by atoms with Crippen molar-refractivity contribution in [2.45, 2.75) is 38.8 Å². The summed E-state index contributed by atoms with van der Waals surface area (Å²) in [6, 6.07) is 14.7. The molecule has 1 aliphatic carbocycles. The lowest BCUT2D eigenvalue weighted by molar-refractivity contribution is 0.102. The molecule has 160 valence electrons. The Bertz CT molecular complexity index is 1060. The fraction of sp³-hybridized carbons (Fsp3) is 0.261. The summed E-state index contributed by atoms with van der Waals surface area (Å²) in [6.45, 7) is 3.96. The van der Waals surface area contributed by atoms with Gasteiger partial charge in [0, 0.05) is 28.4 Å². The van der Waals surface area contributed by atoms with Crippen LogP contribution in [0.3, 0.4) is 0 Å². The molecule has 4 rings (SSSR count). The number of anilines is 2. The zero-order chi connectivity index (χ0) is 21.8. The summed E-state index contributed by atoms with van der Waals surface area (Å²) in [5.74, 6) is 0.519. The van der Waals surface area contributed by atoms with Gasteiger partial charge < -0.3 is 20.7 Å². The van der Waals surface area contributed by atoms with Gasteiger partial charge >= 0.3 is 6.03 Å². The van der Waals surface area contributed by atoms with Gasteiger partial charge in [0.25, 0.3) is 5.91 Å². The van der Waals surface area contributed by atoms with Gasteiger partial charge in [0.05, 0.1) is 6.10 Å². The molecule has 1 aromatic heterocycles. The minimum Gasteiger partial charge on any atom is -0.491 e. The second-order valence-electron chi connectivity index (χ2n) is 7.63. The van der Waals surface area contributed by atoms with Gasteiger partial charge in [0.2, 0.25) is 0 Å². The summed E-state index contributed by atoms with van der Waals surface area (Å²) in [6.07, 6.45) is 2.19. The number of nitrogens with one attached hydrogen (secondary N) is 3. The molecule has 3 aromatic rings. The van der Waals surface area contributed by atoms with Crippen LogP contribution < -0.4 is 20.7 Å². The summed E-state index contributed by atoms with van der Waals surface area (Å²) < 4.78 is 5.66. The standard InChI is InChI=1S/C23H24N4O3S/c1-14(2)30-19-11-3-15(4-12-19)22-27-20(13-31-22)21(28)24-16-5-7-17(8-6-16)25-23(29)26-18-9-10-18/h3-8,11-14,18H,9-10H2,1-2H3,(H,24,28)(H2,25,26,29). The highest BCUT2D eigenvalue weighted by atomic mass is 32.1. The van der Waals surface area contributed by atoms with Crippen LogP contribution in [0.5, 0.6) is 5.75 Å². The lowest BCUT2D eigenvalue weighted by atomic mass is 10.2. The van der Waals surface area contributed by atoms with Crippen molar-refractivity contribution in [1.82, 2.24) is 10.3 Å². The number of nitrogens with zero attached hydrogens (tertiary/aromatic N) is 1. The average molecular weight is 437 g/mol. The summed E-state index contributed by atoms with van der Waals surface area (Å²) in [5.41, 5.74) is 2.58. The van der Waals surface area contributed by atoms with Crippen molar-refractivity contribution in [1.29, 1.82) is 0 Å². The number of benzene rings is 2. The zero-order valence-electron chi connectivity index (χ0n) is 17.3. The minimum absolute atomic E-state index is 0.116. The predicted molar refractivity (Wildman–Crippen MR) is 123 cm³/mol. The predicted octanol–water partition coefficient (Wildman–Crippen LogP) is 5.13. The highest BCUT2D eigenvalue weighted by Gasteiger charge is 2.23. The summed E-state index contributed by atoms with van der Waals surface area (Å²) >= 11 is 1.41. The molecule has 1 aliphatic rings. The van der Waals surface area contributed by atoms with Crippen LogP contribution in [0.2, 0.25) is 0 Å². The molecule has 1 fully saturated rings. The molecule has 1 heterocycles. The molecule has 7 nitrogen and oxygen atoms in total. The van der Waals surface area contributed by atoms with Crippen molar-refractivity contribution in [2.24, 2.45) is 0 Å². The van der Waals surface area contributed by atoms with E-state index in [-0.39, 0.29) is 18.0 Å². The fourth-order valence-corrected chi connectivity index (χ4v) is 3.68. The van der Waals surface area contributed by atoms with E-state index in [1.165, 1.54) is 11.3 Å². The van der Waals surface area contributed by atoms with Crippen molar-refractivity contribution in [2.75, 3.05) is 10.6 Å². The normalized spacial score (nSPS) is 13.0. The molecular weight excluding hydrogens is 412 g/mol. The quantitative estimate of drug-likeness (QED) is 0.478. The van der Waals surface area contributed by atoms with E-state index in [9.17, 15) is 9.59 Å². The van der Waals surface area contributed by atoms with Crippen LogP contribution >= 0.6 is 11.3 Å². The maximum Gasteiger partial charge on any atom is 0.319 e. The molecule has 0 atom stereocenters. The van der Waals surface area contributed by atoms with Crippen LogP contribution in [0.15, 0.2) is 53.9 Å². The monoisotopic (exact) mass is 436 g/mol. The first-order chi connectivity index (χ1) is 15.0. The van der Waals surface area contributed by atoms with Crippen LogP contribution in [0.25, 0.3) is 10.6 Å². The van der Waals surface area contributed by atoms with Gasteiger partial charge in [-0.25, -0.2) is 9.78 Å². The Morgan fingerprint density at radius 3 is 2.26 bits per heavy atom. The molecule has 3 amide bonds. The summed E-state index contributed by atoms with van der Waals surface area (Å²) in [4.78, 5) is 28.8. The Kier molecular flexibility index (Phi) is 6.18. The molecule has 0 saturated heterocycles. The van der Waals surface area contributed by atoms with Crippen molar-refractivity contribution >= 4 is 34.6 Å². The number of carbonyl (C=O) groups excluding carboxylic acids is 2. The molecular formula is C23H24N4O3S. The summed E-state index contributed by atoms with van der Waals surface area (Å²) in [5, 5.41) is 11.0. The Balaban J connectivity index is 1.34. The summed E-state index contributed by atoms with van der Waals surface area (Å²) in [7, 11) is 0. The molecule has 0 aliphatic heterocycles. The number of aromatic nitrogens is 1. The van der Waals surface area contributed by atoms with Crippen LogP contribution in [-0.4, -0.2) is 29.1 Å². The van der Waals surface area contributed by atoms with E-state index in [1.54, 1.807) is 29.6 Å². The lowest BCUT2D eigenvalue weighted by Gasteiger charge is -2.09. The molecule has 31 heavy (non-hydrogen) atoms. The van der Waals surface area contributed by atoms with E-state index >= 15 is 0 Å². The van der Waals surface area contributed by atoms with Gasteiger partial charge in [-0.1, -0.05) is 0 Å². The number of urea groups is 1. The molecule has 0 unspecified atom stereocenters. The van der Waals surface area contributed by atoms with Crippen LogP contribution in [0.4, 0.5) is 16.2 Å². The van der Waals surface area contributed by atoms with E-state index in [1.807, 2.05) is 38.1 Å². The van der Waals surface area contributed by atoms with Gasteiger partial charge in [-0.2, -0.15) is 0 Å². The van der Waals surface area contributed by atoms with Crippen molar-refractivity contribution in [3.8, 4) is 16.3 Å². The average Bonchev–Trinajstić information content (AvgIpc) is 3.40. The van der Waals surface area contributed by atoms with Crippen molar-refractivity contribution in [3.63, 3.8) is 0 Å². The maximum absolute atomic E-state index is 12.6. The first-order valence-corrected chi connectivity index (χ1v) is 11.1. The lowest BCUT2D eigenvalue weighted by Crippen LogP contribution is -2.30. The second kappa shape index (κ2) is 9.18. The van der Waals surface area contributed by atoms with Crippen LogP contribution in [0.1, 0.15) is 37.2 Å². The number of rotatable bonds is 7. The van der Waals surface area contributed by atoms with E-state index in [4.69, 9.17) is 4.74 Å². The topological polar surface area (TPSA) is 92.3 Å². The van der Waals surface area contributed by atoms with Gasteiger partial charge in [-0.05, 0) is 75.2 Å². The van der Waals surface area contributed by atoms with E-state index < -0.39 is 0 Å². The van der Waals surface area contributed by atoms with E-state index in [0.717, 1.165) is 29.2 Å². The third-order valence-electron chi connectivity index (χ3n) is 4.52. The second-order valence-corrected chi connectivity index (χ2v) is 8.49. The largest absolute Gasteiger partial charge is 0.491 e. The SMILES string of the molecule is CC(C)Oc1ccc(-c2nc(C(=O)Nc3ccc(NC(=O)NC4CC4)cc3)cs2)cc1. The minimum atomic E-state index is -0.283. The fourth-order valence-electron chi connectivity index (χ4n) is 2.87. The van der Waals surface area contributed by atoms with Crippen LogP contribution in [0, 0.1) is 0 Å². The van der Waals surface area contributed by atoms with Crippen molar-refractivity contribution in [3.05, 3.63) is 59.6 Å². The molecule has 0 spiro atoms. The number of hydrogen-bond acceptors (Lipinski definition) is 5. The highest BCUT2D eigenvalue weighted by molar-refractivity contribution is 7.13. The first kappa shape index (κ1) is 20.9. The Hall–Kier alpha value is -3.39. The molecule has 0 radical (unpaired) electrons. The zero-order valence-corrected chi connectivity index (χ0v) is 18.2. The molecule has 3 N–H and O–H groups in total.